The van der Waals surface area contributed by atoms with Gasteiger partial charge in [-0.05, 0) is 28.8 Å². The van der Waals surface area contributed by atoms with E-state index in [1.54, 1.807) is 24.3 Å². The molecule has 0 bridgehead atoms. The van der Waals surface area contributed by atoms with Gasteiger partial charge in [0.15, 0.2) is 0 Å². The molecule has 0 atom stereocenters. The zero-order chi connectivity index (χ0) is 13.7. The number of benzene rings is 2. The van der Waals surface area contributed by atoms with E-state index >= 15 is 0 Å². The van der Waals surface area contributed by atoms with Crippen LogP contribution in [0.5, 0.6) is 0 Å². The van der Waals surface area contributed by atoms with Gasteiger partial charge in [-0.25, -0.2) is 4.79 Å². The van der Waals surface area contributed by atoms with Crippen LogP contribution in [0.25, 0.3) is 11.6 Å². The van der Waals surface area contributed by atoms with Crippen LogP contribution in [0, 0.1) is 0 Å². The summed E-state index contributed by atoms with van der Waals surface area (Å²) in [6.07, 6.45) is 3.60. The second-order valence-electron chi connectivity index (χ2n) is 4.07. The molecule has 0 aliphatic heterocycles. The third-order valence-corrected chi connectivity index (χ3v) is 2.81. The second-order valence-corrected chi connectivity index (χ2v) is 4.07. The van der Waals surface area contributed by atoms with E-state index in [-0.39, 0.29) is 5.56 Å². The van der Waals surface area contributed by atoms with Crippen LogP contribution in [0.2, 0.25) is 0 Å². The molecule has 0 aliphatic rings. The lowest BCUT2D eigenvalue weighted by molar-refractivity contribution is 0.0696. The van der Waals surface area contributed by atoms with Crippen molar-refractivity contribution in [2.75, 3.05) is 0 Å². The Kier molecular flexibility index (Phi) is 3.94. The predicted molar refractivity (Wildman–Crippen MR) is 77.9 cm³/mol. The van der Waals surface area contributed by atoms with Crippen molar-refractivity contribution >= 4 is 17.6 Å². The van der Waals surface area contributed by atoms with Crippen LogP contribution in [0.4, 0.5) is 0 Å². The Morgan fingerprint density at radius 3 is 2.11 bits per heavy atom. The van der Waals surface area contributed by atoms with Gasteiger partial charge in [0, 0.05) is 0 Å². The summed E-state index contributed by atoms with van der Waals surface area (Å²) in [5.74, 6) is -0.934. The van der Waals surface area contributed by atoms with Crippen LogP contribution in [0.3, 0.4) is 0 Å². The lowest BCUT2D eigenvalue weighted by Crippen LogP contribution is -2.00. The molecular weight excluding hydrogens is 236 g/mol. The van der Waals surface area contributed by atoms with Crippen molar-refractivity contribution in [3.05, 3.63) is 83.9 Å². The molecular formula is C17H14O2. The number of hydrogen-bond acceptors (Lipinski definition) is 1. The summed E-state index contributed by atoms with van der Waals surface area (Å²) in [6.45, 7) is 3.77. The molecule has 0 heterocycles. The van der Waals surface area contributed by atoms with Gasteiger partial charge in [-0.3, -0.25) is 0 Å². The zero-order valence-corrected chi connectivity index (χ0v) is 10.4. The van der Waals surface area contributed by atoms with E-state index in [2.05, 4.69) is 6.58 Å². The maximum Gasteiger partial charge on any atom is 0.336 e. The van der Waals surface area contributed by atoms with Gasteiger partial charge in [-0.15, -0.1) is 0 Å². The van der Waals surface area contributed by atoms with Gasteiger partial charge < -0.3 is 5.11 Å². The molecule has 0 spiro atoms. The molecule has 0 aliphatic carbocycles. The van der Waals surface area contributed by atoms with E-state index in [0.29, 0.717) is 5.56 Å². The van der Waals surface area contributed by atoms with Gasteiger partial charge in [0.25, 0.3) is 0 Å². The zero-order valence-electron chi connectivity index (χ0n) is 10.4. The molecule has 0 aromatic heterocycles. The van der Waals surface area contributed by atoms with Crippen molar-refractivity contribution < 1.29 is 9.90 Å². The van der Waals surface area contributed by atoms with Gasteiger partial charge in [-0.2, -0.15) is 0 Å². The molecule has 0 amide bonds. The molecule has 2 aromatic rings. The predicted octanol–water partition coefficient (Wildman–Crippen LogP) is 4.11. The number of carboxylic acids is 1. The average Bonchev–Trinajstić information content (AvgIpc) is 2.46. The first-order valence-corrected chi connectivity index (χ1v) is 5.94. The van der Waals surface area contributed by atoms with Crippen LogP contribution in [-0.2, 0) is 0 Å². The Hall–Kier alpha value is -2.61. The minimum Gasteiger partial charge on any atom is -0.478 e. The van der Waals surface area contributed by atoms with E-state index in [1.807, 2.05) is 42.5 Å². The first-order chi connectivity index (χ1) is 9.22. The molecule has 0 unspecified atom stereocenters. The maximum absolute atomic E-state index is 11.2. The minimum atomic E-state index is -0.934. The Labute approximate surface area is 112 Å². The van der Waals surface area contributed by atoms with Crippen LogP contribution >= 0.6 is 0 Å². The summed E-state index contributed by atoms with van der Waals surface area (Å²) >= 11 is 0. The van der Waals surface area contributed by atoms with E-state index in [4.69, 9.17) is 0 Å². The summed E-state index contributed by atoms with van der Waals surface area (Å²) in [4.78, 5) is 11.2. The van der Waals surface area contributed by atoms with Gasteiger partial charge in [0.2, 0.25) is 0 Å². The third kappa shape index (κ3) is 2.99. The van der Waals surface area contributed by atoms with Crippen LogP contribution in [-0.4, -0.2) is 11.1 Å². The summed E-state index contributed by atoms with van der Waals surface area (Å²) in [7, 11) is 0. The van der Waals surface area contributed by atoms with Crippen LogP contribution in [0.15, 0.2) is 67.3 Å². The summed E-state index contributed by atoms with van der Waals surface area (Å²) in [5.41, 5.74) is 2.76. The highest BCUT2D eigenvalue weighted by molar-refractivity contribution is 5.99. The molecule has 2 heteroatoms. The number of allylic oxidation sites excluding steroid dienone is 2. The number of carboxylic acid groups (broad SMARTS) is 1. The second kappa shape index (κ2) is 5.83. The Bertz CT molecular complexity index is 625. The van der Waals surface area contributed by atoms with Crippen LogP contribution in [0.1, 0.15) is 21.5 Å². The average molecular weight is 250 g/mol. The molecule has 0 saturated heterocycles. The van der Waals surface area contributed by atoms with E-state index in [1.165, 1.54) is 0 Å². The molecule has 0 fully saturated rings. The van der Waals surface area contributed by atoms with Gasteiger partial charge in [0.05, 0.1) is 5.56 Å². The van der Waals surface area contributed by atoms with E-state index in [9.17, 15) is 9.90 Å². The highest BCUT2D eigenvalue weighted by Gasteiger charge is 2.10. The molecule has 2 aromatic carbocycles. The normalized spacial score (nSPS) is 11.1. The smallest absolute Gasteiger partial charge is 0.336 e. The first kappa shape index (κ1) is 12.8. The first-order valence-electron chi connectivity index (χ1n) is 5.94. The monoisotopic (exact) mass is 250 g/mol. The largest absolute Gasteiger partial charge is 0.478 e. The van der Waals surface area contributed by atoms with E-state index in [0.717, 1.165) is 11.1 Å². The summed E-state index contributed by atoms with van der Waals surface area (Å²) < 4.78 is 0. The van der Waals surface area contributed by atoms with Crippen molar-refractivity contribution in [2.24, 2.45) is 0 Å². The van der Waals surface area contributed by atoms with Crippen molar-refractivity contribution in [3.8, 4) is 0 Å². The lowest BCUT2D eigenvalue weighted by atomic mass is 9.98. The number of rotatable bonds is 4. The Morgan fingerprint density at radius 2 is 1.53 bits per heavy atom. The molecule has 0 saturated carbocycles. The topological polar surface area (TPSA) is 37.3 Å². The van der Waals surface area contributed by atoms with Gasteiger partial charge in [0.1, 0.15) is 0 Å². The van der Waals surface area contributed by atoms with Gasteiger partial charge in [-0.1, -0.05) is 61.2 Å². The number of hydrogen-bond donors (Lipinski definition) is 1. The van der Waals surface area contributed by atoms with Crippen LogP contribution < -0.4 is 0 Å². The fourth-order valence-corrected chi connectivity index (χ4v) is 1.90. The maximum atomic E-state index is 11.2. The molecule has 94 valence electrons. The van der Waals surface area contributed by atoms with Crippen molar-refractivity contribution in [1.29, 1.82) is 0 Å². The van der Waals surface area contributed by atoms with Crippen molar-refractivity contribution in [2.45, 2.75) is 0 Å². The van der Waals surface area contributed by atoms with E-state index < -0.39 is 5.97 Å². The minimum absolute atomic E-state index is 0.282. The van der Waals surface area contributed by atoms with Crippen molar-refractivity contribution in [1.82, 2.24) is 0 Å². The Morgan fingerprint density at radius 1 is 0.947 bits per heavy atom. The lowest BCUT2D eigenvalue weighted by Gasteiger charge is -2.07. The highest BCUT2D eigenvalue weighted by atomic mass is 16.4. The quantitative estimate of drug-likeness (QED) is 0.655. The standard InChI is InChI=1S/C17H14O2/c1-2-14(12-13-8-4-3-5-9-13)15-10-6-7-11-16(15)17(18)19/h2-12H,1H2,(H,18,19)/b14-12-. The van der Waals surface area contributed by atoms with Crippen molar-refractivity contribution in [3.63, 3.8) is 0 Å². The third-order valence-electron chi connectivity index (χ3n) is 2.81. The summed E-state index contributed by atoms with van der Waals surface area (Å²) in [6, 6.07) is 16.7. The molecule has 1 N–H and O–H groups in total. The summed E-state index contributed by atoms with van der Waals surface area (Å²) in [5, 5.41) is 9.21. The fourth-order valence-electron chi connectivity index (χ4n) is 1.90. The number of aromatic carboxylic acids is 1. The SMILES string of the molecule is C=C/C(=C/c1ccccc1)c1ccccc1C(=O)O. The fraction of sp³-hybridized carbons (Fsp3) is 0. The molecule has 0 radical (unpaired) electrons. The molecule has 2 rings (SSSR count). The molecule has 19 heavy (non-hydrogen) atoms. The van der Waals surface area contributed by atoms with Gasteiger partial charge >= 0.3 is 5.97 Å². The highest BCUT2D eigenvalue weighted by Crippen LogP contribution is 2.23. The molecule has 2 nitrogen and oxygen atoms in total. The Balaban J connectivity index is 2.52. The number of carbonyl (C=O) groups is 1.